The summed E-state index contributed by atoms with van der Waals surface area (Å²) >= 11 is 5.89. The monoisotopic (exact) mass is 260 g/mol. The molecule has 0 fully saturated rings. The Morgan fingerprint density at radius 2 is 2.00 bits per heavy atom. The zero-order valence-corrected chi connectivity index (χ0v) is 10.7. The van der Waals surface area contributed by atoms with Crippen molar-refractivity contribution >= 4 is 28.9 Å². The minimum Gasteiger partial charge on any atom is -0.398 e. The largest absolute Gasteiger partial charge is 0.398 e. The number of benzene rings is 2. The van der Waals surface area contributed by atoms with E-state index in [1.807, 2.05) is 25.1 Å². The van der Waals surface area contributed by atoms with Crippen LogP contribution in [0.4, 0.5) is 11.4 Å². The molecule has 3 N–H and O–H groups in total. The molecule has 0 bridgehead atoms. The summed E-state index contributed by atoms with van der Waals surface area (Å²) in [6.45, 7) is 1.94. The molecule has 92 valence electrons. The molecule has 2 rings (SSSR count). The van der Waals surface area contributed by atoms with Crippen LogP contribution in [0.15, 0.2) is 42.5 Å². The van der Waals surface area contributed by atoms with E-state index < -0.39 is 0 Å². The van der Waals surface area contributed by atoms with E-state index in [1.54, 1.807) is 24.3 Å². The number of carbonyl (C=O) groups excluding carboxylic acids is 1. The van der Waals surface area contributed by atoms with E-state index in [0.29, 0.717) is 22.0 Å². The molecule has 0 unspecified atom stereocenters. The number of nitrogen functional groups attached to an aromatic ring is 1. The van der Waals surface area contributed by atoms with Crippen molar-refractivity contribution in [3.63, 3.8) is 0 Å². The first-order chi connectivity index (χ1) is 8.56. The van der Waals surface area contributed by atoms with Crippen LogP contribution in [-0.2, 0) is 0 Å². The zero-order valence-electron chi connectivity index (χ0n) is 9.91. The minimum atomic E-state index is -0.167. The highest BCUT2D eigenvalue weighted by atomic mass is 35.5. The van der Waals surface area contributed by atoms with Gasteiger partial charge in [-0.2, -0.15) is 0 Å². The maximum Gasteiger partial charge on any atom is 0.255 e. The van der Waals surface area contributed by atoms with Crippen molar-refractivity contribution in [2.75, 3.05) is 11.1 Å². The SMILES string of the molecule is Cc1cccc(C(=O)Nc2ccc(N)c(Cl)c2)c1. The summed E-state index contributed by atoms with van der Waals surface area (Å²) in [5.74, 6) is -0.167. The van der Waals surface area contributed by atoms with Gasteiger partial charge in [-0.15, -0.1) is 0 Å². The van der Waals surface area contributed by atoms with E-state index in [-0.39, 0.29) is 5.91 Å². The van der Waals surface area contributed by atoms with Gasteiger partial charge in [0.15, 0.2) is 0 Å². The van der Waals surface area contributed by atoms with Crippen LogP contribution in [0.1, 0.15) is 15.9 Å². The van der Waals surface area contributed by atoms with Gasteiger partial charge in [0.05, 0.1) is 10.7 Å². The van der Waals surface area contributed by atoms with Crippen LogP contribution in [0.5, 0.6) is 0 Å². The Balaban J connectivity index is 2.18. The summed E-state index contributed by atoms with van der Waals surface area (Å²) in [7, 11) is 0. The van der Waals surface area contributed by atoms with Gasteiger partial charge in [0.1, 0.15) is 0 Å². The lowest BCUT2D eigenvalue weighted by Crippen LogP contribution is -2.12. The summed E-state index contributed by atoms with van der Waals surface area (Å²) in [5.41, 5.74) is 8.38. The number of anilines is 2. The van der Waals surface area contributed by atoms with Crippen LogP contribution in [0.3, 0.4) is 0 Å². The summed E-state index contributed by atoms with van der Waals surface area (Å²) in [6.07, 6.45) is 0. The number of carbonyl (C=O) groups is 1. The van der Waals surface area contributed by atoms with Gasteiger partial charge in [0.25, 0.3) is 5.91 Å². The van der Waals surface area contributed by atoms with Crippen molar-refractivity contribution in [1.82, 2.24) is 0 Å². The Labute approximate surface area is 111 Å². The number of nitrogens with two attached hydrogens (primary N) is 1. The second-order valence-corrected chi connectivity index (χ2v) is 4.47. The number of hydrogen-bond acceptors (Lipinski definition) is 2. The number of nitrogens with one attached hydrogen (secondary N) is 1. The van der Waals surface area contributed by atoms with Crippen molar-refractivity contribution in [1.29, 1.82) is 0 Å². The lowest BCUT2D eigenvalue weighted by atomic mass is 10.1. The third-order valence-electron chi connectivity index (χ3n) is 2.54. The zero-order chi connectivity index (χ0) is 13.1. The molecule has 18 heavy (non-hydrogen) atoms. The molecule has 4 heteroatoms. The summed E-state index contributed by atoms with van der Waals surface area (Å²) in [5, 5.41) is 3.20. The molecular weight excluding hydrogens is 248 g/mol. The maximum atomic E-state index is 12.0. The van der Waals surface area contributed by atoms with Gasteiger partial charge in [0.2, 0.25) is 0 Å². The molecule has 0 atom stereocenters. The van der Waals surface area contributed by atoms with Crippen molar-refractivity contribution in [2.45, 2.75) is 6.92 Å². The van der Waals surface area contributed by atoms with Crippen molar-refractivity contribution in [3.8, 4) is 0 Å². The van der Waals surface area contributed by atoms with E-state index in [2.05, 4.69) is 5.32 Å². The molecule has 0 aliphatic rings. The topological polar surface area (TPSA) is 55.1 Å². The van der Waals surface area contributed by atoms with Gasteiger partial charge >= 0.3 is 0 Å². The van der Waals surface area contributed by atoms with Gasteiger partial charge in [-0.3, -0.25) is 4.79 Å². The van der Waals surface area contributed by atoms with Crippen molar-refractivity contribution in [3.05, 3.63) is 58.6 Å². The molecule has 0 aliphatic heterocycles. The normalized spacial score (nSPS) is 10.1. The Bertz CT molecular complexity index is 596. The highest BCUT2D eigenvalue weighted by Gasteiger charge is 2.06. The van der Waals surface area contributed by atoms with E-state index >= 15 is 0 Å². The summed E-state index contributed by atoms with van der Waals surface area (Å²) < 4.78 is 0. The van der Waals surface area contributed by atoms with Crippen LogP contribution in [0.2, 0.25) is 5.02 Å². The molecule has 0 spiro atoms. The quantitative estimate of drug-likeness (QED) is 0.812. The fourth-order valence-electron chi connectivity index (χ4n) is 1.59. The third kappa shape index (κ3) is 2.81. The number of hydrogen-bond donors (Lipinski definition) is 2. The van der Waals surface area contributed by atoms with E-state index in [1.165, 1.54) is 0 Å². The van der Waals surface area contributed by atoms with E-state index in [4.69, 9.17) is 17.3 Å². The molecule has 0 heterocycles. The smallest absolute Gasteiger partial charge is 0.255 e. The first kappa shape index (κ1) is 12.5. The molecule has 0 saturated heterocycles. The highest BCUT2D eigenvalue weighted by molar-refractivity contribution is 6.33. The molecule has 0 saturated carbocycles. The molecule has 3 nitrogen and oxygen atoms in total. The first-order valence-electron chi connectivity index (χ1n) is 5.49. The number of amides is 1. The second-order valence-electron chi connectivity index (χ2n) is 4.06. The molecule has 0 radical (unpaired) electrons. The average Bonchev–Trinajstić information content (AvgIpc) is 2.34. The van der Waals surface area contributed by atoms with Gasteiger partial charge in [-0.25, -0.2) is 0 Å². The van der Waals surface area contributed by atoms with Crippen LogP contribution in [0, 0.1) is 6.92 Å². The Kier molecular flexibility index (Phi) is 3.53. The summed E-state index contributed by atoms with van der Waals surface area (Å²) in [6, 6.07) is 12.4. The molecule has 0 aromatic heterocycles. The molecule has 2 aromatic carbocycles. The molecular formula is C14H13ClN2O. The first-order valence-corrected chi connectivity index (χ1v) is 5.87. The number of aryl methyl sites for hydroxylation is 1. The van der Waals surface area contributed by atoms with Crippen LogP contribution in [0.25, 0.3) is 0 Å². The Morgan fingerprint density at radius 1 is 1.22 bits per heavy atom. The molecule has 1 amide bonds. The van der Waals surface area contributed by atoms with Crippen LogP contribution in [-0.4, -0.2) is 5.91 Å². The molecule has 2 aromatic rings. The Hall–Kier alpha value is -2.00. The third-order valence-corrected chi connectivity index (χ3v) is 2.87. The predicted molar refractivity (Wildman–Crippen MR) is 75.0 cm³/mol. The highest BCUT2D eigenvalue weighted by Crippen LogP contribution is 2.23. The lowest BCUT2D eigenvalue weighted by Gasteiger charge is -2.07. The minimum absolute atomic E-state index is 0.167. The van der Waals surface area contributed by atoms with E-state index in [0.717, 1.165) is 5.56 Å². The van der Waals surface area contributed by atoms with Crippen molar-refractivity contribution in [2.24, 2.45) is 0 Å². The Morgan fingerprint density at radius 3 is 2.67 bits per heavy atom. The fourth-order valence-corrected chi connectivity index (χ4v) is 1.77. The predicted octanol–water partition coefficient (Wildman–Crippen LogP) is 3.48. The van der Waals surface area contributed by atoms with Gasteiger partial charge in [-0.1, -0.05) is 29.3 Å². The van der Waals surface area contributed by atoms with Gasteiger partial charge < -0.3 is 11.1 Å². The number of halogens is 1. The maximum absolute atomic E-state index is 12.0. The average molecular weight is 261 g/mol. The van der Waals surface area contributed by atoms with Crippen molar-refractivity contribution < 1.29 is 4.79 Å². The van der Waals surface area contributed by atoms with Gasteiger partial charge in [-0.05, 0) is 37.3 Å². The van der Waals surface area contributed by atoms with E-state index in [9.17, 15) is 4.79 Å². The van der Waals surface area contributed by atoms with Gasteiger partial charge in [0, 0.05) is 11.3 Å². The number of rotatable bonds is 2. The lowest BCUT2D eigenvalue weighted by molar-refractivity contribution is 0.102. The second kappa shape index (κ2) is 5.10. The van der Waals surface area contributed by atoms with Crippen LogP contribution >= 0.6 is 11.6 Å². The van der Waals surface area contributed by atoms with Crippen LogP contribution < -0.4 is 11.1 Å². The fraction of sp³-hybridized carbons (Fsp3) is 0.0714. The summed E-state index contributed by atoms with van der Waals surface area (Å²) in [4.78, 5) is 12.0. The molecule has 0 aliphatic carbocycles. The standard InChI is InChI=1S/C14H13ClN2O/c1-9-3-2-4-10(7-9)14(18)17-11-5-6-13(16)12(15)8-11/h2-8H,16H2,1H3,(H,17,18).